The number of para-hydroxylation sites is 1. The van der Waals surface area contributed by atoms with E-state index in [4.69, 9.17) is 0 Å². The van der Waals surface area contributed by atoms with E-state index in [2.05, 4.69) is 51.2 Å². The van der Waals surface area contributed by atoms with E-state index >= 15 is 0 Å². The molecule has 1 unspecified atom stereocenters. The molecular weight excluding hydrogens is 312 g/mol. The van der Waals surface area contributed by atoms with E-state index in [1.165, 1.54) is 5.56 Å². The topological polar surface area (TPSA) is 27.0 Å². The fraction of sp³-hybridized carbons (Fsp3) is 0.235. The highest BCUT2D eigenvalue weighted by Gasteiger charge is 2.25. The van der Waals surface area contributed by atoms with E-state index in [9.17, 15) is 5.26 Å². The number of hydrogen-bond acceptors (Lipinski definition) is 2. The second-order valence-corrected chi connectivity index (χ2v) is 6.03. The lowest BCUT2D eigenvalue weighted by atomic mass is 9.99. The van der Waals surface area contributed by atoms with Gasteiger partial charge >= 0.3 is 0 Å². The van der Waals surface area contributed by atoms with Gasteiger partial charge in [0.1, 0.15) is 6.07 Å². The molecule has 1 fully saturated rings. The van der Waals surface area contributed by atoms with Gasteiger partial charge in [-0.25, -0.2) is 0 Å². The van der Waals surface area contributed by atoms with Crippen molar-refractivity contribution in [2.75, 3.05) is 18.0 Å². The summed E-state index contributed by atoms with van der Waals surface area (Å²) in [7, 11) is 0. The zero-order valence-electron chi connectivity index (χ0n) is 11.1. The molecule has 20 heavy (non-hydrogen) atoms. The first kappa shape index (κ1) is 13.2. The lowest BCUT2D eigenvalue weighted by Gasteiger charge is -2.20. The number of halogens is 1. The monoisotopic (exact) mass is 326 g/mol. The molecule has 0 amide bonds. The second-order valence-electron chi connectivity index (χ2n) is 5.12. The van der Waals surface area contributed by atoms with Crippen LogP contribution in [0.4, 0.5) is 5.69 Å². The highest BCUT2D eigenvalue weighted by Crippen LogP contribution is 2.33. The van der Waals surface area contributed by atoms with Gasteiger partial charge in [0.2, 0.25) is 0 Å². The molecule has 0 N–H and O–H groups in total. The Labute approximate surface area is 127 Å². The first-order chi connectivity index (χ1) is 9.78. The predicted octanol–water partition coefficient (Wildman–Crippen LogP) is 4.31. The van der Waals surface area contributed by atoms with Crippen LogP contribution in [-0.2, 0) is 0 Å². The van der Waals surface area contributed by atoms with Crippen LogP contribution in [0.3, 0.4) is 0 Å². The SMILES string of the molecule is N#Cc1ccccc1N1CCC(c2cccc(Br)c2)C1. The normalized spacial score (nSPS) is 18.0. The van der Waals surface area contributed by atoms with Crippen molar-refractivity contribution >= 4 is 21.6 Å². The third kappa shape index (κ3) is 2.57. The minimum absolute atomic E-state index is 0.541. The number of nitriles is 1. The molecule has 0 saturated carbocycles. The summed E-state index contributed by atoms with van der Waals surface area (Å²) in [5.41, 5.74) is 3.20. The van der Waals surface area contributed by atoms with Crippen molar-refractivity contribution < 1.29 is 0 Å². The molecule has 2 aromatic rings. The van der Waals surface area contributed by atoms with Gasteiger partial charge in [-0.1, -0.05) is 40.2 Å². The van der Waals surface area contributed by atoms with Gasteiger partial charge in [0.25, 0.3) is 0 Å². The van der Waals surface area contributed by atoms with Crippen LogP contribution in [0.25, 0.3) is 0 Å². The van der Waals surface area contributed by atoms with Crippen LogP contribution in [0.15, 0.2) is 53.0 Å². The molecule has 0 aromatic heterocycles. The summed E-state index contributed by atoms with van der Waals surface area (Å²) in [4.78, 5) is 2.32. The molecule has 0 aliphatic carbocycles. The van der Waals surface area contributed by atoms with Gasteiger partial charge in [0.15, 0.2) is 0 Å². The first-order valence-corrected chi connectivity index (χ1v) is 7.57. The maximum atomic E-state index is 9.22. The van der Waals surface area contributed by atoms with Gasteiger partial charge in [0, 0.05) is 23.5 Å². The highest BCUT2D eigenvalue weighted by molar-refractivity contribution is 9.10. The molecule has 2 nitrogen and oxygen atoms in total. The summed E-state index contributed by atoms with van der Waals surface area (Å²) in [5.74, 6) is 0.541. The Kier molecular flexibility index (Phi) is 3.75. The highest BCUT2D eigenvalue weighted by atomic mass is 79.9. The van der Waals surface area contributed by atoms with Crippen LogP contribution in [0, 0.1) is 11.3 Å². The fourth-order valence-corrected chi connectivity index (χ4v) is 3.27. The summed E-state index contributed by atoms with van der Waals surface area (Å²) in [5, 5.41) is 9.22. The van der Waals surface area contributed by atoms with Gasteiger partial charge in [-0.3, -0.25) is 0 Å². The first-order valence-electron chi connectivity index (χ1n) is 6.77. The zero-order chi connectivity index (χ0) is 13.9. The van der Waals surface area contributed by atoms with Crippen LogP contribution in [-0.4, -0.2) is 13.1 Å². The molecule has 1 saturated heterocycles. The van der Waals surface area contributed by atoms with Gasteiger partial charge in [-0.05, 0) is 36.2 Å². The van der Waals surface area contributed by atoms with Crippen LogP contribution in [0.2, 0.25) is 0 Å². The minimum Gasteiger partial charge on any atom is -0.370 e. The third-order valence-corrected chi connectivity index (χ3v) is 4.37. The van der Waals surface area contributed by atoms with E-state index in [-0.39, 0.29) is 0 Å². The summed E-state index contributed by atoms with van der Waals surface area (Å²) in [6.45, 7) is 1.99. The lowest BCUT2D eigenvalue weighted by Crippen LogP contribution is -2.20. The minimum atomic E-state index is 0.541. The molecule has 0 bridgehead atoms. The number of anilines is 1. The van der Waals surface area contributed by atoms with Crippen LogP contribution in [0.5, 0.6) is 0 Å². The summed E-state index contributed by atoms with van der Waals surface area (Å²) in [6, 6.07) is 18.7. The maximum Gasteiger partial charge on any atom is 0.101 e. The summed E-state index contributed by atoms with van der Waals surface area (Å²) >= 11 is 3.54. The molecule has 1 aliphatic rings. The molecule has 0 radical (unpaired) electrons. The average molecular weight is 327 g/mol. The Bertz CT molecular complexity index is 660. The van der Waals surface area contributed by atoms with Gasteiger partial charge in [-0.2, -0.15) is 5.26 Å². The van der Waals surface area contributed by atoms with Crippen LogP contribution < -0.4 is 4.90 Å². The Morgan fingerprint density at radius 2 is 2.00 bits per heavy atom. The average Bonchev–Trinajstić information content (AvgIpc) is 2.97. The quantitative estimate of drug-likeness (QED) is 0.822. The van der Waals surface area contributed by atoms with E-state index in [0.29, 0.717) is 5.92 Å². The van der Waals surface area contributed by atoms with E-state index in [0.717, 1.165) is 35.2 Å². The molecule has 3 heteroatoms. The van der Waals surface area contributed by atoms with Crippen molar-refractivity contribution in [2.45, 2.75) is 12.3 Å². The number of nitrogens with zero attached hydrogens (tertiary/aromatic N) is 2. The molecule has 1 heterocycles. The van der Waals surface area contributed by atoms with Crippen molar-refractivity contribution in [1.82, 2.24) is 0 Å². The van der Waals surface area contributed by atoms with Crippen molar-refractivity contribution in [2.24, 2.45) is 0 Å². The fourth-order valence-electron chi connectivity index (χ4n) is 2.86. The molecular formula is C17H15BrN2. The molecule has 1 atom stereocenters. The van der Waals surface area contributed by atoms with Crippen LogP contribution in [0.1, 0.15) is 23.5 Å². The second kappa shape index (κ2) is 5.68. The summed E-state index contributed by atoms with van der Waals surface area (Å²) < 4.78 is 1.13. The molecule has 1 aliphatic heterocycles. The van der Waals surface area contributed by atoms with Gasteiger partial charge in [-0.15, -0.1) is 0 Å². The largest absolute Gasteiger partial charge is 0.370 e. The summed E-state index contributed by atoms with van der Waals surface area (Å²) in [6.07, 6.45) is 1.14. The van der Waals surface area contributed by atoms with Crippen molar-refractivity contribution in [3.63, 3.8) is 0 Å². The lowest BCUT2D eigenvalue weighted by molar-refractivity contribution is 0.774. The van der Waals surface area contributed by atoms with E-state index in [1.807, 2.05) is 24.3 Å². The predicted molar refractivity (Wildman–Crippen MR) is 84.9 cm³/mol. The van der Waals surface area contributed by atoms with Gasteiger partial charge < -0.3 is 4.90 Å². The van der Waals surface area contributed by atoms with E-state index in [1.54, 1.807) is 0 Å². The van der Waals surface area contributed by atoms with E-state index < -0.39 is 0 Å². The Hall–Kier alpha value is -1.79. The standard InChI is InChI=1S/C17H15BrN2/c18-16-6-3-5-13(10-16)15-8-9-20(12-15)17-7-2-1-4-14(17)11-19/h1-7,10,15H,8-9,12H2. The molecule has 2 aromatic carbocycles. The number of benzene rings is 2. The van der Waals surface area contributed by atoms with Crippen molar-refractivity contribution in [1.29, 1.82) is 5.26 Å². The Morgan fingerprint density at radius 1 is 1.15 bits per heavy atom. The zero-order valence-corrected chi connectivity index (χ0v) is 12.7. The number of hydrogen-bond donors (Lipinski definition) is 0. The third-order valence-electron chi connectivity index (χ3n) is 3.87. The molecule has 3 rings (SSSR count). The molecule has 100 valence electrons. The Balaban J connectivity index is 1.82. The smallest absolute Gasteiger partial charge is 0.101 e. The van der Waals surface area contributed by atoms with Crippen molar-refractivity contribution in [3.05, 3.63) is 64.1 Å². The van der Waals surface area contributed by atoms with Gasteiger partial charge in [0.05, 0.1) is 11.3 Å². The Morgan fingerprint density at radius 3 is 2.80 bits per heavy atom. The van der Waals surface area contributed by atoms with Crippen LogP contribution >= 0.6 is 15.9 Å². The maximum absolute atomic E-state index is 9.22. The molecule has 0 spiro atoms. The number of rotatable bonds is 2. The van der Waals surface area contributed by atoms with Crippen molar-refractivity contribution in [3.8, 4) is 6.07 Å².